The molecule has 0 N–H and O–H groups in total. The van der Waals surface area contributed by atoms with Gasteiger partial charge in [-0.2, -0.15) is 4.31 Å². The van der Waals surface area contributed by atoms with Gasteiger partial charge in [0.1, 0.15) is 5.82 Å². The number of benzene rings is 2. The smallest absolute Gasteiger partial charge is 0.408 e. The zero-order chi connectivity index (χ0) is 19.0. The van der Waals surface area contributed by atoms with Crippen molar-refractivity contribution in [2.24, 2.45) is 0 Å². The zero-order valence-corrected chi connectivity index (χ0v) is 15.2. The number of piperazine rings is 1. The number of hydrogen-bond acceptors (Lipinski definition) is 5. The molecule has 2 heterocycles. The van der Waals surface area contributed by atoms with E-state index in [1.165, 1.54) is 27.1 Å². The highest BCUT2D eigenvalue weighted by molar-refractivity contribution is 7.89. The van der Waals surface area contributed by atoms with Crippen LogP contribution in [-0.4, -0.2) is 48.4 Å². The summed E-state index contributed by atoms with van der Waals surface area (Å²) in [6, 6.07) is 12.2. The van der Waals surface area contributed by atoms with E-state index in [1.54, 1.807) is 12.1 Å². The molecule has 3 aromatic rings. The Labute approximate surface area is 155 Å². The van der Waals surface area contributed by atoms with Crippen molar-refractivity contribution in [2.75, 3.05) is 26.2 Å². The van der Waals surface area contributed by atoms with Crippen LogP contribution in [0.2, 0.25) is 0 Å². The minimum atomic E-state index is -3.73. The summed E-state index contributed by atoms with van der Waals surface area (Å²) in [5, 5.41) is 0. The summed E-state index contributed by atoms with van der Waals surface area (Å²) in [5.41, 5.74) is 1.23. The van der Waals surface area contributed by atoms with Gasteiger partial charge in [0.15, 0.2) is 5.58 Å². The van der Waals surface area contributed by atoms with Crippen molar-refractivity contribution < 1.29 is 17.2 Å². The van der Waals surface area contributed by atoms with Crippen LogP contribution in [-0.2, 0) is 16.7 Å². The predicted octanol–water partition coefficient (Wildman–Crippen LogP) is 1.70. The van der Waals surface area contributed by atoms with Crippen molar-refractivity contribution in [3.63, 3.8) is 0 Å². The minimum Gasteiger partial charge on any atom is -0.408 e. The molecule has 0 bridgehead atoms. The third-order valence-corrected chi connectivity index (χ3v) is 6.57. The monoisotopic (exact) mass is 391 g/mol. The lowest BCUT2D eigenvalue weighted by Crippen LogP contribution is -2.49. The van der Waals surface area contributed by atoms with E-state index >= 15 is 0 Å². The Kier molecular flexibility index (Phi) is 4.58. The molecule has 0 radical (unpaired) electrons. The standard InChI is InChI=1S/C18H18FN3O4S/c19-14-4-3-5-15(12-14)27(24,25)21-10-8-20(9-11-21)13-22-16-6-1-2-7-17(16)26-18(22)23/h1-7,12H,8-11,13H2. The van der Waals surface area contributed by atoms with Gasteiger partial charge in [0.2, 0.25) is 10.0 Å². The molecule has 142 valence electrons. The number of para-hydroxylation sites is 2. The maximum atomic E-state index is 13.4. The number of rotatable bonds is 4. The fourth-order valence-corrected chi connectivity index (χ4v) is 4.69. The van der Waals surface area contributed by atoms with E-state index < -0.39 is 21.6 Å². The number of nitrogens with zero attached hydrogens (tertiary/aromatic N) is 3. The van der Waals surface area contributed by atoms with E-state index in [2.05, 4.69) is 0 Å². The molecule has 1 aromatic heterocycles. The molecule has 1 fully saturated rings. The molecular weight excluding hydrogens is 373 g/mol. The second kappa shape index (κ2) is 6.91. The van der Waals surface area contributed by atoms with Crippen LogP contribution >= 0.6 is 0 Å². The minimum absolute atomic E-state index is 0.0481. The van der Waals surface area contributed by atoms with Crippen LogP contribution in [0.1, 0.15) is 0 Å². The first-order valence-corrected chi connectivity index (χ1v) is 9.95. The third-order valence-electron chi connectivity index (χ3n) is 4.68. The van der Waals surface area contributed by atoms with E-state index in [4.69, 9.17) is 4.42 Å². The Balaban J connectivity index is 1.47. The molecule has 27 heavy (non-hydrogen) atoms. The summed E-state index contributed by atoms with van der Waals surface area (Å²) in [7, 11) is -3.73. The number of sulfonamides is 1. The summed E-state index contributed by atoms with van der Waals surface area (Å²) < 4.78 is 46.8. The number of hydrogen-bond donors (Lipinski definition) is 0. The van der Waals surface area contributed by atoms with Crippen LogP contribution in [0, 0.1) is 5.82 Å². The normalized spacial score (nSPS) is 16.8. The van der Waals surface area contributed by atoms with E-state index in [1.807, 2.05) is 17.0 Å². The third kappa shape index (κ3) is 3.41. The fourth-order valence-electron chi connectivity index (χ4n) is 3.24. The molecule has 1 aliphatic heterocycles. The van der Waals surface area contributed by atoms with E-state index in [0.29, 0.717) is 30.9 Å². The SMILES string of the molecule is O=c1oc2ccccc2n1CN1CCN(S(=O)(=O)c2cccc(F)c2)CC1. The average molecular weight is 391 g/mol. The van der Waals surface area contributed by atoms with Crippen LogP contribution in [0.15, 0.2) is 62.6 Å². The Bertz CT molecular complexity index is 1130. The summed E-state index contributed by atoms with van der Waals surface area (Å²) >= 11 is 0. The Morgan fingerprint density at radius 3 is 2.48 bits per heavy atom. The van der Waals surface area contributed by atoms with Crippen molar-refractivity contribution >= 4 is 21.1 Å². The fraction of sp³-hybridized carbons (Fsp3) is 0.278. The molecular formula is C18H18FN3O4S. The van der Waals surface area contributed by atoms with Gasteiger partial charge in [0.25, 0.3) is 0 Å². The van der Waals surface area contributed by atoms with Gasteiger partial charge < -0.3 is 4.42 Å². The largest absolute Gasteiger partial charge is 0.421 e. The molecule has 7 nitrogen and oxygen atoms in total. The molecule has 9 heteroatoms. The van der Waals surface area contributed by atoms with Gasteiger partial charge >= 0.3 is 5.76 Å². The molecule has 1 aliphatic rings. The first-order chi connectivity index (χ1) is 12.9. The Morgan fingerprint density at radius 1 is 1.00 bits per heavy atom. The first kappa shape index (κ1) is 17.9. The molecule has 0 atom stereocenters. The second-order valence-corrected chi connectivity index (χ2v) is 8.32. The summed E-state index contributed by atoms with van der Waals surface area (Å²) in [4.78, 5) is 14.0. The highest BCUT2D eigenvalue weighted by Gasteiger charge is 2.29. The predicted molar refractivity (Wildman–Crippen MR) is 97.2 cm³/mol. The molecule has 2 aromatic carbocycles. The van der Waals surface area contributed by atoms with Gasteiger partial charge in [-0.3, -0.25) is 9.47 Å². The van der Waals surface area contributed by atoms with Crippen molar-refractivity contribution in [1.82, 2.24) is 13.8 Å². The van der Waals surface area contributed by atoms with Crippen LogP contribution in [0.3, 0.4) is 0 Å². The number of fused-ring (bicyclic) bond motifs is 1. The quantitative estimate of drug-likeness (QED) is 0.677. The Hall–Kier alpha value is -2.49. The Morgan fingerprint density at radius 2 is 1.74 bits per heavy atom. The molecule has 0 unspecified atom stereocenters. The summed E-state index contributed by atoms with van der Waals surface area (Å²) in [6.45, 7) is 1.78. The number of halogens is 1. The van der Waals surface area contributed by atoms with Crippen LogP contribution in [0.4, 0.5) is 4.39 Å². The van der Waals surface area contributed by atoms with Crippen molar-refractivity contribution in [3.8, 4) is 0 Å². The molecule has 4 rings (SSSR count). The van der Waals surface area contributed by atoms with Gasteiger partial charge in [-0.25, -0.2) is 17.6 Å². The molecule has 1 saturated heterocycles. The van der Waals surface area contributed by atoms with Gasteiger partial charge in [0.05, 0.1) is 17.1 Å². The van der Waals surface area contributed by atoms with E-state index in [0.717, 1.165) is 6.07 Å². The van der Waals surface area contributed by atoms with Crippen molar-refractivity contribution in [1.29, 1.82) is 0 Å². The number of aromatic nitrogens is 1. The molecule has 0 spiro atoms. The van der Waals surface area contributed by atoms with E-state index in [-0.39, 0.29) is 18.0 Å². The van der Waals surface area contributed by atoms with Crippen LogP contribution in [0.5, 0.6) is 0 Å². The average Bonchev–Trinajstić information content (AvgIpc) is 2.98. The van der Waals surface area contributed by atoms with E-state index in [9.17, 15) is 17.6 Å². The maximum Gasteiger partial charge on any atom is 0.421 e. The van der Waals surface area contributed by atoms with Crippen molar-refractivity contribution in [3.05, 3.63) is 64.9 Å². The van der Waals surface area contributed by atoms with Gasteiger partial charge in [0, 0.05) is 26.2 Å². The van der Waals surface area contributed by atoms with Gasteiger partial charge in [-0.05, 0) is 30.3 Å². The first-order valence-electron chi connectivity index (χ1n) is 8.51. The summed E-state index contributed by atoms with van der Waals surface area (Å²) in [6.07, 6.45) is 0. The van der Waals surface area contributed by atoms with Gasteiger partial charge in [-0.1, -0.05) is 18.2 Å². The lowest BCUT2D eigenvalue weighted by Gasteiger charge is -2.33. The van der Waals surface area contributed by atoms with Crippen molar-refractivity contribution in [2.45, 2.75) is 11.6 Å². The summed E-state index contributed by atoms with van der Waals surface area (Å²) in [5.74, 6) is -1.02. The molecule has 0 aliphatic carbocycles. The number of oxazole rings is 1. The highest BCUT2D eigenvalue weighted by atomic mass is 32.2. The highest BCUT2D eigenvalue weighted by Crippen LogP contribution is 2.19. The molecule has 0 amide bonds. The lowest BCUT2D eigenvalue weighted by molar-refractivity contribution is 0.150. The zero-order valence-electron chi connectivity index (χ0n) is 14.4. The van der Waals surface area contributed by atoms with Gasteiger partial charge in [-0.15, -0.1) is 0 Å². The lowest BCUT2D eigenvalue weighted by atomic mass is 10.3. The second-order valence-electron chi connectivity index (χ2n) is 6.38. The van der Waals surface area contributed by atoms with Crippen LogP contribution in [0.25, 0.3) is 11.1 Å². The molecule has 0 saturated carbocycles. The maximum absolute atomic E-state index is 13.4. The topological polar surface area (TPSA) is 75.8 Å². The van der Waals surface area contributed by atoms with Crippen LogP contribution < -0.4 is 5.76 Å².